The fourth-order valence-electron chi connectivity index (χ4n) is 4.13. The topological polar surface area (TPSA) is 21.3 Å². The van der Waals surface area contributed by atoms with Gasteiger partial charge in [-0.15, -0.1) is 0 Å². The van der Waals surface area contributed by atoms with Gasteiger partial charge in [0.1, 0.15) is 0 Å². The summed E-state index contributed by atoms with van der Waals surface area (Å²) in [5.74, 6) is 1.76. The molecule has 1 unspecified atom stereocenters. The van der Waals surface area contributed by atoms with Crippen LogP contribution in [0.25, 0.3) is 0 Å². The first-order valence-corrected chi connectivity index (χ1v) is 8.48. The highest BCUT2D eigenvalue weighted by atomic mass is 16.5. The van der Waals surface area contributed by atoms with Gasteiger partial charge < -0.3 is 10.1 Å². The zero-order chi connectivity index (χ0) is 14.3. The van der Waals surface area contributed by atoms with Crippen LogP contribution in [0.3, 0.4) is 0 Å². The van der Waals surface area contributed by atoms with E-state index in [2.05, 4.69) is 40.1 Å². The highest BCUT2D eigenvalue weighted by molar-refractivity contribution is 4.96. The van der Waals surface area contributed by atoms with Crippen molar-refractivity contribution >= 4 is 0 Å². The molecule has 2 nitrogen and oxygen atoms in total. The normalized spacial score (nSPS) is 26.4. The van der Waals surface area contributed by atoms with Gasteiger partial charge in [-0.05, 0) is 51.5 Å². The molecular weight excluding hydrogens is 234 g/mol. The molecule has 114 valence electrons. The van der Waals surface area contributed by atoms with Crippen LogP contribution in [-0.2, 0) is 4.74 Å². The van der Waals surface area contributed by atoms with E-state index in [9.17, 15) is 0 Å². The molecule has 0 aliphatic heterocycles. The van der Waals surface area contributed by atoms with Crippen LogP contribution in [0.4, 0.5) is 0 Å². The fraction of sp³-hybridized carbons (Fsp3) is 1.00. The average molecular weight is 269 g/mol. The minimum absolute atomic E-state index is 0.0349. The summed E-state index contributed by atoms with van der Waals surface area (Å²) in [4.78, 5) is 0. The Morgan fingerprint density at radius 3 is 2.00 bits per heavy atom. The second-order valence-corrected chi connectivity index (χ2v) is 6.16. The monoisotopic (exact) mass is 269 g/mol. The van der Waals surface area contributed by atoms with Crippen LogP contribution in [0, 0.1) is 11.8 Å². The summed E-state index contributed by atoms with van der Waals surface area (Å²) in [6.07, 6.45) is 9.14. The smallest absolute Gasteiger partial charge is 0.0831 e. The SMILES string of the molecule is CCOC(CC)(CC)C(NC)C1CCC(CC)CC1. The van der Waals surface area contributed by atoms with Crippen molar-refractivity contribution < 1.29 is 4.74 Å². The molecular formula is C17H35NO. The van der Waals surface area contributed by atoms with Gasteiger partial charge in [0.2, 0.25) is 0 Å². The van der Waals surface area contributed by atoms with Crippen LogP contribution in [0.2, 0.25) is 0 Å². The van der Waals surface area contributed by atoms with Crippen molar-refractivity contribution in [3.63, 3.8) is 0 Å². The van der Waals surface area contributed by atoms with Gasteiger partial charge in [0.25, 0.3) is 0 Å². The van der Waals surface area contributed by atoms with Gasteiger partial charge in [0.15, 0.2) is 0 Å². The molecule has 1 aliphatic carbocycles. The standard InChI is InChI=1S/C17H35NO/c1-6-14-10-12-15(13-11-14)16(18-5)17(7-2,8-3)19-9-4/h14-16,18H,6-13H2,1-5H3. The summed E-state index contributed by atoms with van der Waals surface area (Å²) in [6, 6.07) is 0.514. The second kappa shape index (κ2) is 8.26. The van der Waals surface area contributed by atoms with Crippen LogP contribution in [0.1, 0.15) is 72.6 Å². The van der Waals surface area contributed by atoms with E-state index < -0.39 is 0 Å². The Morgan fingerprint density at radius 2 is 1.63 bits per heavy atom. The molecule has 1 N–H and O–H groups in total. The van der Waals surface area contributed by atoms with E-state index in [-0.39, 0.29) is 5.60 Å². The lowest BCUT2D eigenvalue weighted by Gasteiger charge is -2.45. The van der Waals surface area contributed by atoms with E-state index in [0.717, 1.165) is 31.3 Å². The molecule has 0 amide bonds. The second-order valence-electron chi connectivity index (χ2n) is 6.16. The molecule has 1 aliphatic rings. The molecule has 1 fully saturated rings. The lowest BCUT2D eigenvalue weighted by molar-refractivity contribution is -0.0883. The third-order valence-corrected chi connectivity index (χ3v) is 5.45. The zero-order valence-corrected chi connectivity index (χ0v) is 13.8. The maximum Gasteiger partial charge on any atom is 0.0831 e. The Morgan fingerprint density at radius 1 is 1.05 bits per heavy atom. The molecule has 0 aromatic rings. The van der Waals surface area contributed by atoms with E-state index in [0.29, 0.717) is 6.04 Å². The Labute approximate surface area is 120 Å². The maximum atomic E-state index is 6.22. The molecule has 1 rings (SSSR count). The first kappa shape index (κ1) is 17.0. The summed E-state index contributed by atoms with van der Waals surface area (Å²) >= 11 is 0. The molecule has 0 aromatic carbocycles. The first-order chi connectivity index (χ1) is 9.17. The average Bonchev–Trinajstić information content (AvgIpc) is 2.47. The van der Waals surface area contributed by atoms with E-state index in [1.54, 1.807) is 0 Å². The van der Waals surface area contributed by atoms with Gasteiger partial charge in [-0.2, -0.15) is 0 Å². The van der Waals surface area contributed by atoms with Crippen LogP contribution < -0.4 is 5.32 Å². The third-order valence-electron chi connectivity index (χ3n) is 5.45. The fourth-order valence-corrected chi connectivity index (χ4v) is 4.13. The van der Waals surface area contributed by atoms with E-state index in [1.165, 1.54) is 32.1 Å². The molecule has 19 heavy (non-hydrogen) atoms. The molecule has 0 aromatic heterocycles. The van der Waals surface area contributed by atoms with Gasteiger partial charge in [-0.1, -0.05) is 40.0 Å². The highest BCUT2D eigenvalue weighted by Gasteiger charge is 2.41. The van der Waals surface area contributed by atoms with E-state index >= 15 is 0 Å². The van der Waals surface area contributed by atoms with Crippen LogP contribution in [-0.4, -0.2) is 25.3 Å². The molecule has 0 radical (unpaired) electrons. The number of ether oxygens (including phenoxy) is 1. The van der Waals surface area contributed by atoms with E-state index in [1.807, 2.05) is 0 Å². The predicted octanol–water partition coefficient (Wildman–Crippen LogP) is 4.39. The largest absolute Gasteiger partial charge is 0.374 e. The Bertz CT molecular complexity index is 229. The number of hydrogen-bond donors (Lipinski definition) is 1. The van der Waals surface area contributed by atoms with Gasteiger partial charge in [0, 0.05) is 12.6 Å². The number of likely N-dealkylation sites (N-methyl/N-ethyl adjacent to an activating group) is 1. The molecule has 1 saturated carbocycles. The first-order valence-electron chi connectivity index (χ1n) is 8.48. The predicted molar refractivity (Wildman–Crippen MR) is 83.5 cm³/mol. The minimum atomic E-state index is 0.0349. The number of nitrogens with one attached hydrogen (secondary N) is 1. The van der Waals surface area contributed by atoms with E-state index in [4.69, 9.17) is 4.74 Å². The lowest BCUT2D eigenvalue weighted by atomic mass is 9.71. The minimum Gasteiger partial charge on any atom is -0.374 e. The molecule has 0 bridgehead atoms. The zero-order valence-electron chi connectivity index (χ0n) is 13.8. The van der Waals surface area contributed by atoms with Crippen molar-refractivity contribution in [3.8, 4) is 0 Å². The van der Waals surface area contributed by atoms with Gasteiger partial charge in [0.05, 0.1) is 5.60 Å². The number of rotatable bonds is 8. The van der Waals surface area contributed by atoms with Gasteiger partial charge in [-0.3, -0.25) is 0 Å². The van der Waals surface area contributed by atoms with Crippen molar-refractivity contribution in [2.24, 2.45) is 11.8 Å². The summed E-state index contributed by atoms with van der Waals surface area (Å²) in [6.45, 7) is 9.84. The summed E-state index contributed by atoms with van der Waals surface area (Å²) in [5, 5.41) is 3.61. The van der Waals surface area contributed by atoms with Crippen molar-refractivity contribution in [2.75, 3.05) is 13.7 Å². The van der Waals surface area contributed by atoms with Gasteiger partial charge >= 0.3 is 0 Å². The lowest BCUT2D eigenvalue weighted by Crippen LogP contribution is -2.55. The molecule has 0 heterocycles. The van der Waals surface area contributed by atoms with Crippen LogP contribution in [0.15, 0.2) is 0 Å². The van der Waals surface area contributed by atoms with Crippen molar-refractivity contribution in [3.05, 3.63) is 0 Å². The van der Waals surface area contributed by atoms with Crippen LogP contribution in [0.5, 0.6) is 0 Å². The Kier molecular flexibility index (Phi) is 7.38. The molecule has 2 heteroatoms. The summed E-state index contributed by atoms with van der Waals surface area (Å²) < 4.78 is 6.22. The molecule has 1 atom stereocenters. The van der Waals surface area contributed by atoms with Crippen molar-refractivity contribution in [2.45, 2.75) is 84.3 Å². The third kappa shape index (κ3) is 3.95. The summed E-state index contributed by atoms with van der Waals surface area (Å²) in [7, 11) is 2.12. The Hall–Kier alpha value is -0.0800. The van der Waals surface area contributed by atoms with Crippen molar-refractivity contribution in [1.82, 2.24) is 5.32 Å². The van der Waals surface area contributed by atoms with Crippen molar-refractivity contribution in [1.29, 1.82) is 0 Å². The van der Waals surface area contributed by atoms with Crippen LogP contribution >= 0.6 is 0 Å². The maximum absolute atomic E-state index is 6.22. The summed E-state index contributed by atoms with van der Waals surface area (Å²) in [5.41, 5.74) is 0.0349. The molecule has 0 saturated heterocycles. The quantitative estimate of drug-likeness (QED) is 0.706. The Balaban J connectivity index is 2.74. The van der Waals surface area contributed by atoms with Gasteiger partial charge in [-0.25, -0.2) is 0 Å². The molecule has 0 spiro atoms. The highest BCUT2D eigenvalue weighted by Crippen LogP contribution is 2.38. The number of hydrogen-bond acceptors (Lipinski definition) is 2.